The molecule has 0 heterocycles. The Morgan fingerprint density at radius 3 is 2.50 bits per heavy atom. The van der Waals surface area contributed by atoms with Crippen LogP contribution >= 0.6 is 0 Å². The summed E-state index contributed by atoms with van der Waals surface area (Å²) in [7, 11) is 0. The van der Waals surface area contributed by atoms with E-state index in [4.69, 9.17) is 5.21 Å². The highest BCUT2D eigenvalue weighted by molar-refractivity contribution is 5.51. The van der Waals surface area contributed by atoms with Crippen LogP contribution in [-0.4, -0.2) is 5.21 Å². The van der Waals surface area contributed by atoms with Crippen LogP contribution in [-0.2, 0) is 0 Å². The van der Waals surface area contributed by atoms with Gasteiger partial charge < -0.3 is 0 Å². The van der Waals surface area contributed by atoms with Crippen LogP contribution in [0.15, 0.2) is 24.3 Å². The molecule has 0 spiro atoms. The minimum Gasteiger partial charge on any atom is -0.291 e. The lowest BCUT2D eigenvalue weighted by atomic mass is 9.83. The summed E-state index contributed by atoms with van der Waals surface area (Å²) in [6, 6.07) is 8.05. The van der Waals surface area contributed by atoms with Gasteiger partial charge in [-0.3, -0.25) is 10.7 Å². The second-order valence-corrected chi connectivity index (χ2v) is 4.03. The molecule has 1 aliphatic rings. The van der Waals surface area contributed by atoms with Crippen LogP contribution in [0.25, 0.3) is 0 Å². The Hall–Kier alpha value is -1.02. The van der Waals surface area contributed by atoms with Gasteiger partial charge in [-0.1, -0.05) is 37.5 Å². The van der Waals surface area contributed by atoms with E-state index in [-0.39, 0.29) is 0 Å². The molecule has 0 saturated heterocycles. The van der Waals surface area contributed by atoms with E-state index < -0.39 is 0 Å². The molecule has 0 aromatic heterocycles. The number of nitrogens with one attached hydrogen (secondary N) is 1. The maximum Gasteiger partial charge on any atom is 0.0636 e. The molecule has 76 valence electrons. The van der Waals surface area contributed by atoms with E-state index in [2.05, 4.69) is 11.5 Å². The van der Waals surface area contributed by atoms with Crippen molar-refractivity contribution in [2.75, 3.05) is 5.48 Å². The van der Waals surface area contributed by atoms with Crippen molar-refractivity contribution in [3.05, 3.63) is 29.8 Å². The van der Waals surface area contributed by atoms with Crippen molar-refractivity contribution in [1.82, 2.24) is 0 Å². The Morgan fingerprint density at radius 2 is 1.79 bits per heavy atom. The van der Waals surface area contributed by atoms with Gasteiger partial charge in [-0.05, 0) is 30.4 Å². The highest BCUT2D eigenvalue weighted by atomic mass is 16.5. The lowest BCUT2D eigenvalue weighted by Crippen LogP contribution is -2.07. The zero-order valence-corrected chi connectivity index (χ0v) is 8.37. The Kier molecular flexibility index (Phi) is 3.04. The summed E-state index contributed by atoms with van der Waals surface area (Å²) in [4.78, 5) is 0. The van der Waals surface area contributed by atoms with Crippen LogP contribution in [0.4, 0.5) is 5.69 Å². The van der Waals surface area contributed by atoms with Crippen molar-refractivity contribution in [2.45, 2.75) is 38.0 Å². The van der Waals surface area contributed by atoms with Gasteiger partial charge in [-0.2, -0.15) is 0 Å². The second kappa shape index (κ2) is 4.47. The summed E-state index contributed by atoms with van der Waals surface area (Å²) in [5.41, 5.74) is 4.44. The van der Waals surface area contributed by atoms with Crippen molar-refractivity contribution in [3.8, 4) is 0 Å². The smallest absolute Gasteiger partial charge is 0.0636 e. The van der Waals surface area contributed by atoms with Gasteiger partial charge in [0.25, 0.3) is 0 Å². The van der Waals surface area contributed by atoms with Crippen molar-refractivity contribution in [1.29, 1.82) is 0 Å². The summed E-state index contributed by atoms with van der Waals surface area (Å²) in [5, 5.41) is 9.00. The van der Waals surface area contributed by atoms with Gasteiger partial charge in [-0.15, -0.1) is 0 Å². The summed E-state index contributed by atoms with van der Waals surface area (Å²) in [5.74, 6) is 0.639. The first-order valence-corrected chi connectivity index (χ1v) is 5.41. The molecule has 1 saturated carbocycles. The number of hydrogen-bond donors (Lipinski definition) is 2. The summed E-state index contributed by atoms with van der Waals surface area (Å²) >= 11 is 0. The fourth-order valence-electron chi connectivity index (χ4n) is 2.37. The minimum absolute atomic E-state index is 0.639. The van der Waals surface area contributed by atoms with E-state index in [0.29, 0.717) is 5.92 Å². The molecule has 1 aromatic carbocycles. The van der Waals surface area contributed by atoms with E-state index in [1.54, 1.807) is 0 Å². The molecule has 0 radical (unpaired) electrons. The predicted octanol–water partition coefficient (Wildman–Crippen LogP) is 3.54. The molecule has 1 fully saturated rings. The fourth-order valence-corrected chi connectivity index (χ4v) is 2.37. The third kappa shape index (κ3) is 1.90. The van der Waals surface area contributed by atoms with E-state index in [0.717, 1.165) is 5.69 Å². The molecule has 1 aromatic rings. The van der Waals surface area contributed by atoms with Crippen LogP contribution in [0.3, 0.4) is 0 Å². The third-order valence-corrected chi connectivity index (χ3v) is 3.13. The normalized spacial score (nSPS) is 18.1. The molecule has 0 atom stereocenters. The lowest BCUT2D eigenvalue weighted by molar-refractivity contribution is 0.384. The van der Waals surface area contributed by atoms with Gasteiger partial charge in [0.05, 0.1) is 5.69 Å². The highest BCUT2D eigenvalue weighted by Crippen LogP contribution is 2.35. The maximum atomic E-state index is 9.00. The van der Waals surface area contributed by atoms with E-state index in [9.17, 15) is 0 Å². The summed E-state index contributed by atoms with van der Waals surface area (Å²) in [6.07, 6.45) is 6.54. The molecule has 0 amide bonds. The molecule has 2 rings (SSSR count). The first-order chi connectivity index (χ1) is 6.92. The molecular formula is C12H17NO. The van der Waals surface area contributed by atoms with E-state index >= 15 is 0 Å². The monoisotopic (exact) mass is 191 g/mol. The van der Waals surface area contributed by atoms with Crippen LogP contribution in [0.2, 0.25) is 0 Å². The molecule has 0 bridgehead atoms. The molecule has 2 heteroatoms. The number of hydrogen-bond acceptors (Lipinski definition) is 2. The number of anilines is 1. The average Bonchev–Trinajstić information content (AvgIpc) is 2.30. The SMILES string of the molecule is ONc1ccccc1C1CCCCC1. The van der Waals surface area contributed by atoms with E-state index in [1.807, 2.05) is 18.2 Å². The van der Waals surface area contributed by atoms with Gasteiger partial charge >= 0.3 is 0 Å². The molecule has 0 aliphatic heterocycles. The Morgan fingerprint density at radius 1 is 1.07 bits per heavy atom. The van der Waals surface area contributed by atoms with Crippen LogP contribution in [0.1, 0.15) is 43.6 Å². The first-order valence-electron chi connectivity index (χ1n) is 5.41. The summed E-state index contributed by atoms with van der Waals surface area (Å²) in [6.45, 7) is 0. The summed E-state index contributed by atoms with van der Waals surface area (Å²) < 4.78 is 0. The van der Waals surface area contributed by atoms with Crippen molar-refractivity contribution in [3.63, 3.8) is 0 Å². The van der Waals surface area contributed by atoms with Gasteiger partial charge in [0, 0.05) is 0 Å². The van der Waals surface area contributed by atoms with Crippen molar-refractivity contribution in [2.24, 2.45) is 0 Å². The molecular weight excluding hydrogens is 174 g/mol. The van der Waals surface area contributed by atoms with Crippen LogP contribution in [0.5, 0.6) is 0 Å². The number of benzene rings is 1. The van der Waals surface area contributed by atoms with E-state index in [1.165, 1.54) is 37.7 Å². The zero-order chi connectivity index (χ0) is 9.80. The lowest BCUT2D eigenvalue weighted by Gasteiger charge is -2.23. The Balaban J connectivity index is 2.20. The Labute approximate surface area is 84.9 Å². The second-order valence-electron chi connectivity index (χ2n) is 4.03. The quantitative estimate of drug-likeness (QED) is 0.701. The molecule has 2 N–H and O–H groups in total. The number of rotatable bonds is 2. The van der Waals surface area contributed by atoms with Gasteiger partial charge in [-0.25, -0.2) is 0 Å². The topological polar surface area (TPSA) is 32.3 Å². The van der Waals surface area contributed by atoms with Gasteiger partial charge in [0.2, 0.25) is 0 Å². The molecule has 1 aliphatic carbocycles. The first kappa shape index (κ1) is 9.53. The van der Waals surface area contributed by atoms with Gasteiger partial charge in [0.15, 0.2) is 0 Å². The van der Waals surface area contributed by atoms with Crippen LogP contribution in [0, 0.1) is 0 Å². The van der Waals surface area contributed by atoms with Crippen LogP contribution < -0.4 is 5.48 Å². The Bertz CT molecular complexity index is 292. The predicted molar refractivity (Wildman–Crippen MR) is 57.7 cm³/mol. The minimum atomic E-state index is 0.639. The molecule has 14 heavy (non-hydrogen) atoms. The third-order valence-electron chi connectivity index (χ3n) is 3.13. The average molecular weight is 191 g/mol. The fraction of sp³-hybridized carbons (Fsp3) is 0.500. The number of para-hydroxylation sites is 1. The molecule has 0 unspecified atom stereocenters. The zero-order valence-electron chi connectivity index (χ0n) is 8.37. The van der Waals surface area contributed by atoms with Crippen molar-refractivity contribution >= 4 is 5.69 Å². The molecule has 2 nitrogen and oxygen atoms in total. The van der Waals surface area contributed by atoms with Crippen molar-refractivity contribution < 1.29 is 5.21 Å². The highest BCUT2D eigenvalue weighted by Gasteiger charge is 2.17. The standard InChI is InChI=1S/C12H17NO/c14-13-12-9-5-4-8-11(12)10-6-2-1-3-7-10/h4-5,8-10,13-14H,1-3,6-7H2. The largest absolute Gasteiger partial charge is 0.291 e. The maximum absolute atomic E-state index is 9.00. The van der Waals surface area contributed by atoms with Gasteiger partial charge in [0.1, 0.15) is 0 Å².